The molecule has 2 heterocycles. The Morgan fingerprint density at radius 3 is 3.11 bits per heavy atom. The van der Waals surface area contributed by atoms with E-state index in [0.717, 1.165) is 28.6 Å². The van der Waals surface area contributed by atoms with Crippen LogP contribution in [0.15, 0.2) is 24.4 Å². The van der Waals surface area contributed by atoms with E-state index in [1.54, 1.807) is 13.3 Å². The van der Waals surface area contributed by atoms with E-state index in [1.165, 1.54) is 0 Å². The van der Waals surface area contributed by atoms with Gasteiger partial charge in [-0.25, -0.2) is 0 Å². The van der Waals surface area contributed by atoms with E-state index >= 15 is 0 Å². The van der Waals surface area contributed by atoms with E-state index in [1.807, 2.05) is 18.2 Å². The zero-order chi connectivity index (χ0) is 12.5. The normalized spacial score (nSPS) is 19.3. The van der Waals surface area contributed by atoms with Gasteiger partial charge >= 0.3 is 0 Å². The maximum atomic E-state index is 12.4. The van der Waals surface area contributed by atoms with Crippen molar-refractivity contribution in [2.24, 2.45) is 5.92 Å². The minimum Gasteiger partial charge on any atom is -0.497 e. The van der Waals surface area contributed by atoms with E-state index in [0.29, 0.717) is 13.2 Å². The summed E-state index contributed by atoms with van der Waals surface area (Å²) in [5.74, 6) is 0.918. The molecule has 0 aliphatic carbocycles. The molecule has 0 bridgehead atoms. The minimum absolute atomic E-state index is 0.00444. The highest BCUT2D eigenvalue weighted by Crippen LogP contribution is 2.27. The average molecular weight is 245 g/mol. The summed E-state index contributed by atoms with van der Waals surface area (Å²) in [6.07, 6.45) is 2.60. The molecule has 1 aliphatic heterocycles. The Hall–Kier alpha value is -1.81. The van der Waals surface area contributed by atoms with E-state index in [4.69, 9.17) is 9.47 Å². The quantitative estimate of drug-likeness (QED) is 0.845. The number of methoxy groups -OCH3 is 1. The monoisotopic (exact) mass is 245 g/mol. The summed E-state index contributed by atoms with van der Waals surface area (Å²) >= 11 is 0. The first-order chi connectivity index (χ1) is 8.79. The van der Waals surface area contributed by atoms with Crippen LogP contribution in [0.5, 0.6) is 5.75 Å². The molecule has 18 heavy (non-hydrogen) atoms. The first-order valence-electron chi connectivity index (χ1n) is 6.06. The summed E-state index contributed by atoms with van der Waals surface area (Å²) in [6, 6.07) is 5.71. The van der Waals surface area contributed by atoms with Crippen molar-refractivity contribution in [1.82, 2.24) is 4.98 Å². The van der Waals surface area contributed by atoms with Gasteiger partial charge in [-0.05, 0) is 24.6 Å². The smallest absolute Gasteiger partial charge is 0.170 e. The van der Waals surface area contributed by atoms with Crippen molar-refractivity contribution >= 4 is 16.7 Å². The van der Waals surface area contributed by atoms with E-state index in [-0.39, 0.29) is 11.7 Å². The number of carbonyl (C=O) groups is 1. The standard InChI is InChI=1S/C14H15NO3/c1-17-10-2-3-13-11(6-10)12(7-15-13)14(16)9-4-5-18-8-9/h2-3,6-7,9,15H,4-5,8H2,1H3. The van der Waals surface area contributed by atoms with Crippen molar-refractivity contribution in [1.29, 1.82) is 0 Å². The molecule has 0 radical (unpaired) electrons. The molecule has 4 nitrogen and oxygen atoms in total. The van der Waals surface area contributed by atoms with Crippen LogP contribution in [0.1, 0.15) is 16.8 Å². The Morgan fingerprint density at radius 1 is 1.50 bits per heavy atom. The number of H-pyrrole nitrogens is 1. The third-order valence-corrected chi connectivity index (χ3v) is 3.45. The molecule has 2 aromatic rings. The van der Waals surface area contributed by atoms with Gasteiger partial charge in [-0.3, -0.25) is 4.79 Å². The van der Waals surface area contributed by atoms with Crippen LogP contribution in [0.25, 0.3) is 10.9 Å². The van der Waals surface area contributed by atoms with Crippen LogP contribution in [-0.2, 0) is 4.74 Å². The fourth-order valence-corrected chi connectivity index (χ4v) is 2.39. The number of nitrogens with one attached hydrogen (secondary N) is 1. The van der Waals surface area contributed by atoms with Gasteiger partial charge in [0.1, 0.15) is 5.75 Å². The lowest BCUT2D eigenvalue weighted by molar-refractivity contribution is 0.0902. The van der Waals surface area contributed by atoms with Crippen molar-refractivity contribution in [3.8, 4) is 5.75 Å². The first-order valence-corrected chi connectivity index (χ1v) is 6.06. The lowest BCUT2D eigenvalue weighted by Crippen LogP contribution is -2.14. The molecule has 1 aromatic carbocycles. The number of benzene rings is 1. The molecule has 0 saturated carbocycles. The number of fused-ring (bicyclic) bond motifs is 1. The summed E-state index contributed by atoms with van der Waals surface area (Å²) < 4.78 is 10.5. The van der Waals surface area contributed by atoms with Crippen LogP contribution in [0.3, 0.4) is 0 Å². The van der Waals surface area contributed by atoms with Crippen molar-refractivity contribution in [2.75, 3.05) is 20.3 Å². The molecule has 4 heteroatoms. The Labute approximate surface area is 105 Å². The van der Waals surface area contributed by atoms with Crippen LogP contribution in [-0.4, -0.2) is 31.1 Å². The molecule has 1 saturated heterocycles. The molecule has 3 rings (SSSR count). The van der Waals surface area contributed by atoms with E-state index < -0.39 is 0 Å². The fourth-order valence-electron chi connectivity index (χ4n) is 2.39. The molecule has 0 amide bonds. The SMILES string of the molecule is COc1ccc2[nH]cc(C(=O)C3CCOC3)c2c1. The van der Waals surface area contributed by atoms with Crippen LogP contribution >= 0.6 is 0 Å². The lowest BCUT2D eigenvalue weighted by atomic mass is 9.97. The van der Waals surface area contributed by atoms with Gasteiger partial charge in [0, 0.05) is 35.2 Å². The molecule has 0 spiro atoms. The number of carbonyl (C=O) groups excluding carboxylic acids is 1. The first kappa shape index (κ1) is 11.3. The second kappa shape index (κ2) is 4.46. The molecule has 1 aromatic heterocycles. The lowest BCUT2D eigenvalue weighted by Gasteiger charge is -2.05. The summed E-state index contributed by atoms with van der Waals surface area (Å²) in [5.41, 5.74) is 1.69. The van der Waals surface area contributed by atoms with Crippen LogP contribution < -0.4 is 4.74 Å². The van der Waals surface area contributed by atoms with Crippen molar-refractivity contribution in [3.05, 3.63) is 30.0 Å². The van der Waals surface area contributed by atoms with Gasteiger partial charge in [-0.1, -0.05) is 0 Å². The van der Waals surface area contributed by atoms with Gasteiger partial charge in [0.15, 0.2) is 5.78 Å². The molecule has 1 fully saturated rings. The van der Waals surface area contributed by atoms with Crippen LogP contribution in [0.4, 0.5) is 0 Å². The highest BCUT2D eigenvalue weighted by atomic mass is 16.5. The number of rotatable bonds is 3. The summed E-state index contributed by atoms with van der Waals surface area (Å²) in [7, 11) is 1.63. The third-order valence-electron chi connectivity index (χ3n) is 3.45. The highest BCUT2D eigenvalue weighted by Gasteiger charge is 2.26. The molecular formula is C14H15NO3. The van der Waals surface area contributed by atoms with Crippen LogP contribution in [0.2, 0.25) is 0 Å². The molecular weight excluding hydrogens is 230 g/mol. The number of hydrogen-bond acceptors (Lipinski definition) is 3. The Morgan fingerprint density at radius 2 is 2.39 bits per heavy atom. The maximum absolute atomic E-state index is 12.4. The molecule has 1 N–H and O–H groups in total. The summed E-state index contributed by atoms with van der Waals surface area (Å²) in [5, 5.41) is 0.922. The second-order valence-electron chi connectivity index (χ2n) is 4.54. The topological polar surface area (TPSA) is 51.3 Å². The minimum atomic E-state index is -0.00444. The predicted molar refractivity (Wildman–Crippen MR) is 68.1 cm³/mol. The summed E-state index contributed by atoms with van der Waals surface area (Å²) in [4.78, 5) is 15.5. The number of hydrogen-bond donors (Lipinski definition) is 1. The van der Waals surface area contributed by atoms with Crippen molar-refractivity contribution in [2.45, 2.75) is 6.42 Å². The van der Waals surface area contributed by atoms with Gasteiger partial charge in [0.2, 0.25) is 0 Å². The molecule has 94 valence electrons. The number of ether oxygens (including phenoxy) is 2. The van der Waals surface area contributed by atoms with Crippen molar-refractivity contribution in [3.63, 3.8) is 0 Å². The predicted octanol–water partition coefficient (Wildman–Crippen LogP) is 2.40. The number of ketones is 1. The molecule has 1 atom stereocenters. The summed E-state index contributed by atoms with van der Waals surface area (Å²) in [6.45, 7) is 1.22. The van der Waals surface area contributed by atoms with Crippen molar-refractivity contribution < 1.29 is 14.3 Å². The highest BCUT2D eigenvalue weighted by molar-refractivity contribution is 6.09. The zero-order valence-electron chi connectivity index (χ0n) is 10.2. The van der Waals surface area contributed by atoms with Gasteiger partial charge in [0.05, 0.1) is 13.7 Å². The Bertz CT molecular complexity index is 582. The molecule has 1 unspecified atom stereocenters. The Balaban J connectivity index is 2.02. The zero-order valence-corrected chi connectivity index (χ0v) is 10.2. The van der Waals surface area contributed by atoms with Crippen LogP contribution in [0, 0.1) is 5.92 Å². The van der Waals surface area contributed by atoms with E-state index in [2.05, 4.69) is 4.98 Å². The number of aromatic amines is 1. The maximum Gasteiger partial charge on any atom is 0.170 e. The number of aromatic nitrogens is 1. The van der Waals surface area contributed by atoms with Gasteiger partial charge in [0.25, 0.3) is 0 Å². The van der Waals surface area contributed by atoms with Gasteiger partial charge < -0.3 is 14.5 Å². The van der Waals surface area contributed by atoms with E-state index in [9.17, 15) is 4.79 Å². The largest absolute Gasteiger partial charge is 0.497 e. The molecule has 1 aliphatic rings. The van der Waals surface area contributed by atoms with Gasteiger partial charge in [-0.15, -0.1) is 0 Å². The number of Topliss-reactive ketones (excluding diaryl/α,β-unsaturated/α-hetero) is 1. The average Bonchev–Trinajstić information content (AvgIpc) is 3.06. The fraction of sp³-hybridized carbons (Fsp3) is 0.357. The van der Waals surface area contributed by atoms with Gasteiger partial charge in [-0.2, -0.15) is 0 Å². The second-order valence-corrected chi connectivity index (χ2v) is 4.54. The Kier molecular flexibility index (Phi) is 2.80. The third kappa shape index (κ3) is 1.78.